The lowest BCUT2D eigenvalue weighted by molar-refractivity contribution is 0.0730. The van der Waals surface area contributed by atoms with E-state index in [1.807, 2.05) is 0 Å². The van der Waals surface area contributed by atoms with Gasteiger partial charge in [-0.05, 0) is 56.7 Å². The van der Waals surface area contributed by atoms with Crippen LogP contribution in [0.2, 0.25) is 5.02 Å². The summed E-state index contributed by atoms with van der Waals surface area (Å²) in [4.78, 5) is 33.4. The number of pyridine rings is 2. The number of thiophene rings is 1. The van der Waals surface area contributed by atoms with Gasteiger partial charge in [0.2, 0.25) is 5.95 Å². The van der Waals surface area contributed by atoms with Crippen LogP contribution in [-0.2, 0) is 0 Å². The number of hydrogen-bond acceptors (Lipinski definition) is 6. The molecule has 1 N–H and O–H groups in total. The lowest BCUT2D eigenvalue weighted by Crippen LogP contribution is -2.16. The molecule has 0 bridgehead atoms. The van der Waals surface area contributed by atoms with Crippen LogP contribution >= 0.6 is 22.9 Å². The summed E-state index contributed by atoms with van der Waals surface area (Å²) < 4.78 is 32.5. The molecule has 0 atom stereocenters. The highest BCUT2D eigenvalue weighted by Crippen LogP contribution is 2.37. The van der Waals surface area contributed by atoms with E-state index < -0.39 is 23.6 Å². The second kappa shape index (κ2) is 8.84. The van der Waals surface area contributed by atoms with Gasteiger partial charge in [0.1, 0.15) is 16.5 Å². The third-order valence-electron chi connectivity index (χ3n) is 5.05. The fourth-order valence-electron chi connectivity index (χ4n) is 3.19. The minimum atomic E-state index is -0.712. The molecule has 0 aliphatic rings. The number of nitrogens with one attached hydrogen (secondary N) is 1. The van der Waals surface area contributed by atoms with Gasteiger partial charge in [0.05, 0.1) is 16.3 Å². The molecule has 0 saturated heterocycles. The van der Waals surface area contributed by atoms with E-state index >= 15 is 0 Å². The summed E-state index contributed by atoms with van der Waals surface area (Å²) in [5.74, 6) is -1.82. The number of carbonyl (C=O) groups is 2. The van der Waals surface area contributed by atoms with Gasteiger partial charge in [-0.2, -0.15) is 4.39 Å². The molecule has 3 aromatic heterocycles. The van der Waals surface area contributed by atoms with Crippen molar-refractivity contribution in [3.8, 4) is 5.75 Å². The Kier molecular flexibility index (Phi) is 6.09. The molecule has 4 aromatic rings. The first-order valence-electron chi connectivity index (χ1n) is 9.66. The van der Waals surface area contributed by atoms with Gasteiger partial charge in [0, 0.05) is 21.8 Å². The molecular formula is C23H16ClF2N3O3S. The van der Waals surface area contributed by atoms with Crippen molar-refractivity contribution in [2.45, 2.75) is 20.8 Å². The number of halogens is 3. The standard InChI is InChI=1S/C23H16ClF2N3O3S/c1-10-11(2)21(28-12(3)19(10)32-23(31)13-4-7-17(26)27-9-13)29-22(30)20-18(24)15-6-5-14(25)8-16(15)33-20/h4-9H,1-3H3,(H,28,29,30). The van der Waals surface area contributed by atoms with Crippen LogP contribution in [0, 0.1) is 32.5 Å². The zero-order chi connectivity index (χ0) is 23.9. The van der Waals surface area contributed by atoms with Gasteiger partial charge >= 0.3 is 5.97 Å². The number of hydrogen-bond donors (Lipinski definition) is 1. The number of benzene rings is 1. The van der Waals surface area contributed by atoms with E-state index in [1.165, 1.54) is 24.3 Å². The predicted octanol–water partition coefficient (Wildman–Crippen LogP) is 6.02. The van der Waals surface area contributed by atoms with Crippen LogP contribution in [0.25, 0.3) is 10.1 Å². The van der Waals surface area contributed by atoms with Crippen molar-refractivity contribution in [1.82, 2.24) is 9.97 Å². The Morgan fingerprint density at radius 1 is 1.09 bits per heavy atom. The largest absolute Gasteiger partial charge is 0.421 e. The highest BCUT2D eigenvalue weighted by molar-refractivity contribution is 7.21. The maximum Gasteiger partial charge on any atom is 0.345 e. The summed E-state index contributed by atoms with van der Waals surface area (Å²) >= 11 is 7.42. The van der Waals surface area contributed by atoms with Gasteiger partial charge in [-0.15, -0.1) is 11.3 Å². The molecule has 0 aliphatic carbocycles. The van der Waals surface area contributed by atoms with Gasteiger partial charge in [0.25, 0.3) is 5.91 Å². The Hall–Kier alpha value is -3.43. The van der Waals surface area contributed by atoms with Crippen LogP contribution < -0.4 is 10.1 Å². The molecule has 6 nitrogen and oxygen atoms in total. The molecule has 1 aromatic carbocycles. The van der Waals surface area contributed by atoms with E-state index in [0.717, 1.165) is 23.6 Å². The Morgan fingerprint density at radius 3 is 2.55 bits per heavy atom. The molecule has 3 heterocycles. The topological polar surface area (TPSA) is 81.2 Å². The average Bonchev–Trinajstić information content (AvgIpc) is 3.10. The van der Waals surface area contributed by atoms with Crippen molar-refractivity contribution in [1.29, 1.82) is 0 Å². The highest BCUT2D eigenvalue weighted by Gasteiger charge is 2.22. The van der Waals surface area contributed by atoms with Crippen molar-refractivity contribution in [2.75, 3.05) is 5.32 Å². The number of anilines is 1. The number of ether oxygens (including phenoxy) is 1. The summed E-state index contributed by atoms with van der Waals surface area (Å²) in [6.07, 6.45) is 1.08. The molecule has 33 heavy (non-hydrogen) atoms. The summed E-state index contributed by atoms with van der Waals surface area (Å²) in [5, 5.41) is 3.55. The maximum absolute atomic E-state index is 13.5. The third kappa shape index (κ3) is 4.42. The summed E-state index contributed by atoms with van der Waals surface area (Å²) in [6.45, 7) is 5.07. The van der Waals surface area contributed by atoms with E-state index in [1.54, 1.807) is 20.8 Å². The molecule has 0 radical (unpaired) electrons. The molecule has 168 valence electrons. The molecule has 0 spiro atoms. The summed E-state index contributed by atoms with van der Waals surface area (Å²) in [5.41, 5.74) is 1.62. The Morgan fingerprint density at radius 2 is 1.85 bits per heavy atom. The lowest BCUT2D eigenvalue weighted by atomic mass is 10.1. The molecule has 10 heteroatoms. The zero-order valence-corrected chi connectivity index (χ0v) is 19.2. The molecule has 1 amide bonds. The molecular weight excluding hydrogens is 472 g/mol. The van der Waals surface area contributed by atoms with Crippen LogP contribution in [-0.4, -0.2) is 21.8 Å². The Bertz CT molecular complexity index is 1420. The monoisotopic (exact) mass is 487 g/mol. The van der Waals surface area contributed by atoms with Gasteiger partial charge in [-0.1, -0.05) is 11.6 Å². The van der Waals surface area contributed by atoms with Gasteiger partial charge in [-0.25, -0.2) is 19.2 Å². The number of nitrogens with zero attached hydrogens (tertiary/aromatic N) is 2. The quantitative estimate of drug-likeness (QED) is 0.281. The van der Waals surface area contributed by atoms with Crippen LogP contribution in [0.4, 0.5) is 14.6 Å². The summed E-state index contributed by atoms with van der Waals surface area (Å²) in [6, 6.07) is 6.46. The van der Waals surface area contributed by atoms with E-state index in [4.69, 9.17) is 16.3 Å². The third-order valence-corrected chi connectivity index (χ3v) is 6.71. The van der Waals surface area contributed by atoms with Crippen LogP contribution in [0.5, 0.6) is 5.75 Å². The normalized spacial score (nSPS) is 11.0. The first-order chi connectivity index (χ1) is 15.7. The average molecular weight is 488 g/mol. The van der Waals surface area contributed by atoms with E-state index in [0.29, 0.717) is 26.9 Å². The fraction of sp³-hybridized carbons (Fsp3) is 0.130. The van der Waals surface area contributed by atoms with Crippen molar-refractivity contribution in [2.24, 2.45) is 0 Å². The number of carbonyl (C=O) groups excluding carboxylic acids is 2. The Balaban J connectivity index is 1.61. The number of rotatable bonds is 4. The Labute approximate surface area is 196 Å². The number of esters is 1. The second-order valence-electron chi connectivity index (χ2n) is 7.22. The van der Waals surface area contributed by atoms with Crippen LogP contribution in [0.3, 0.4) is 0 Å². The number of amides is 1. The van der Waals surface area contributed by atoms with Gasteiger partial charge in [0.15, 0.2) is 5.75 Å². The van der Waals surface area contributed by atoms with E-state index in [9.17, 15) is 18.4 Å². The van der Waals surface area contributed by atoms with Crippen molar-refractivity contribution >= 4 is 50.7 Å². The van der Waals surface area contributed by atoms with E-state index in [-0.39, 0.29) is 27.0 Å². The predicted molar refractivity (Wildman–Crippen MR) is 122 cm³/mol. The van der Waals surface area contributed by atoms with Crippen molar-refractivity contribution in [3.63, 3.8) is 0 Å². The minimum Gasteiger partial charge on any atom is -0.421 e. The highest BCUT2D eigenvalue weighted by atomic mass is 35.5. The van der Waals surface area contributed by atoms with Crippen molar-refractivity contribution in [3.05, 3.63) is 80.6 Å². The first kappa shape index (κ1) is 22.8. The molecule has 0 unspecified atom stereocenters. The van der Waals surface area contributed by atoms with Gasteiger partial charge in [-0.3, -0.25) is 4.79 Å². The number of aromatic nitrogens is 2. The minimum absolute atomic E-state index is 0.0843. The SMILES string of the molecule is Cc1nc(NC(=O)c2sc3cc(F)ccc3c2Cl)c(C)c(C)c1OC(=O)c1ccc(F)nc1. The lowest BCUT2D eigenvalue weighted by Gasteiger charge is -2.16. The van der Waals surface area contributed by atoms with Crippen LogP contribution in [0.15, 0.2) is 36.5 Å². The molecule has 0 saturated carbocycles. The molecule has 0 fully saturated rings. The zero-order valence-electron chi connectivity index (χ0n) is 17.6. The summed E-state index contributed by atoms with van der Waals surface area (Å²) in [7, 11) is 0. The first-order valence-corrected chi connectivity index (χ1v) is 10.9. The molecule has 4 rings (SSSR count). The smallest absolute Gasteiger partial charge is 0.345 e. The molecule has 0 aliphatic heterocycles. The van der Waals surface area contributed by atoms with Crippen LogP contribution in [0.1, 0.15) is 36.9 Å². The second-order valence-corrected chi connectivity index (χ2v) is 8.65. The van der Waals surface area contributed by atoms with Gasteiger partial charge < -0.3 is 10.1 Å². The number of aryl methyl sites for hydroxylation is 1. The fourth-order valence-corrected chi connectivity index (χ4v) is 4.63. The maximum atomic E-state index is 13.5. The van der Waals surface area contributed by atoms with Crippen molar-refractivity contribution < 1.29 is 23.1 Å². The van der Waals surface area contributed by atoms with E-state index in [2.05, 4.69) is 15.3 Å². The number of fused-ring (bicyclic) bond motifs is 1.